The second-order valence-corrected chi connectivity index (χ2v) is 8.21. The number of hydrogen-bond acceptors (Lipinski definition) is 7. The molecular formula is C22H30N6O6. The highest BCUT2D eigenvalue weighted by Gasteiger charge is 2.25. The average molecular weight is 475 g/mol. The van der Waals surface area contributed by atoms with Crippen LogP contribution in [-0.4, -0.2) is 39.4 Å². The van der Waals surface area contributed by atoms with Crippen molar-refractivity contribution in [3.8, 4) is 0 Å². The first kappa shape index (κ1) is 26.3. The molecule has 0 bridgehead atoms. The fourth-order valence-electron chi connectivity index (χ4n) is 3.31. The van der Waals surface area contributed by atoms with E-state index in [4.69, 9.17) is 5.73 Å². The Morgan fingerprint density at radius 3 is 2.44 bits per heavy atom. The standard InChI is InChI=1S/C22H30N6O6/c1-4-5-12-26-19(23)18(21(31)25-22(26)32)27(13-14(2)3)17(29)10-11-24-20(30)15-6-8-16(9-7-15)28(33)34/h6-9,14H,4-5,10-13,23H2,1-3H3,(H,24,30)(H,25,31,32). The van der Waals surface area contributed by atoms with Crippen LogP contribution >= 0.6 is 0 Å². The number of aromatic amines is 1. The summed E-state index contributed by atoms with van der Waals surface area (Å²) < 4.78 is 1.25. The lowest BCUT2D eigenvalue weighted by molar-refractivity contribution is -0.384. The second kappa shape index (κ2) is 11.8. The average Bonchev–Trinajstić information content (AvgIpc) is 2.77. The Morgan fingerprint density at radius 1 is 1.24 bits per heavy atom. The minimum Gasteiger partial charge on any atom is -0.383 e. The van der Waals surface area contributed by atoms with Crippen LogP contribution in [0, 0.1) is 16.0 Å². The molecule has 0 aliphatic rings. The smallest absolute Gasteiger partial charge is 0.330 e. The van der Waals surface area contributed by atoms with Crippen LogP contribution in [0.15, 0.2) is 33.9 Å². The summed E-state index contributed by atoms with van der Waals surface area (Å²) in [5.41, 5.74) is 4.76. The molecule has 0 atom stereocenters. The van der Waals surface area contributed by atoms with E-state index in [1.165, 1.54) is 33.7 Å². The second-order valence-electron chi connectivity index (χ2n) is 8.21. The van der Waals surface area contributed by atoms with Crippen molar-refractivity contribution in [1.29, 1.82) is 0 Å². The summed E-state index contributed by atoms with van der Waals surface area (Å²) in [5, 5.41) is 13.3. The number of carbonyl (C=O) groups excluding carboxylic acids is 2. The van der Waals surface area contributed by atoms with E-state index in [-0.39, 0.29) is 48.2 Å². The van der Waals surface area contributed by atoms with Gasteiger partial charge in [-0.2, -0.15) is 0 Å². The fourth-order valence-corrected chi connectivity index (χ4v) is 3.31. The summed E-state index contributed by atoms with van der Waals surface area (Å²) in [6.07, 6.45) is 1.35. The lowest BCUT2D eigenvalue weighted by atomic mass is 10.1. The fraction of sp³-hybridized carbons (Fsp3) is 0.455. The van der Waals surface area contributed by atoms with Gasteiger partial charge in [-0.3, -0.25) is 34.0 Å². The van der Waals surface area contributed by atoms with Crippen LogP contribution in [0.4, 0.5) is 17.2 Å². The van der Waals surface area contributed by atoms with Gasteiger partial charge in [0.2, 0.25) is 5.91 Å². The number of nitrogen functional groups attached to an aromatic ring is 1. The maximum absolute atomic E-state index is 13.0. The summed E-state index contributed by atoms with van der Waals surface area (Å²) in [6, 6.07) is 5.07. The van der Waals surface area contributed by atoms with Crippen LogP contribution in [0.2, 0.25) is 0 Å². The third kappa shape index (κ3) is 6.53. The van der Waals surface area contributed by atoms with Gasteiger partial charge in [0.05, 0.1) is 4.92 Å². The zero-order valence-corrected chi connectivity index (χ0v) is 19.5. The van der Waals surface area contributed by atoms with Crippen molar-refractivity contribution in [1.82, 2.24) is 14.9 Å². The number of nitrogens with two attached hydrogens (primary N) is 1. The molecule has 2 aromatic rings. The van der Waals surface area contributed by atoms with Gasteiger partial charge < -0.3 is 16.0 Å². The first-order valence-electron chi connectivity index (χ1n) is 11.0. The van der Waals surface area contributed by atoms with Gasteiger partial charge in [0.1, 0.15) is 5.82 Å². The van der Waals surface area contributed by atoms with Crippen molar-refractivity contribution in [2.45, 2.75) is 46.6 Å². The van der Waals surface area contributed by atoms with E-state index in [2.05, 4.69) is 10.3 Å². The van der Waals surface area contributed by atoms with Gasteiger partial charge in [0.15, 0.2) is 5.69 Å². The lowest BCUT2D eigenvalue weighted by Gasteiger charge is -2.26. The van der Waals surface area contributed by atoms with Crippen molar-refractivity contribution < 1.29 is 14.5 Å². The zero-order chi connectivity index (χ0) is 25.4. The Labute approximate surface area is 195 Å². The van der Waals surface area contributed by atoms with Crippen molar-refractivity contribution in [3.63, 3.8) is 0 Å². The van der Waals surface area contributed by atoms with Gasteiger partial charge in [-0.15, -0.1) is 0 Å². The van der Waals surface area contributed by atoms with Crippen LogP contribution in [-0.2, 0) is 11.3 Å². The van der Waals surface area contributed by atoms with Gasteiger partial charge in [-0.1, -0.05) is 27.2 Å². The normalized spacial score (nSPS) is 10.8. The van der Waals surface area contributed by atoms with Gasteiger partial charge in [0, 0.05) is 43.8 Å². The van der Waals surface area contributed by atoms with Crippen LogP contribution < -0.4 is 27.2 Å². The van der Waals surface area contributed by atoms with Crippen LogP contribution in [0.25, 0.3) is 0 Å². The minimum atomic E-state index is -0.751. The highest BCUT2D eigenvalue weighted by Crippen LogP contribution is 2.19. The molecule has 2 amide bonds. The first-order valence-corrected chi connectivity index (χ1v) is 11.0. The molecule has 0 fully saturated rings. The lowest BCUT2D eigenvalue weighted by Crippen LogP contribution is -2.43. The molecule has 4 N–H and O–H groups in total. The van der Waals surface area contributed by atoms with Crippen molar-refractivity contribution in [3.05, 3.63) is 60.8 Å². The first-order chi connectivity index (χ1) is 16.1. The highest BCUT2D eigenvalue weighted by molar-refractivity contribution is 5.97. The number of hydrogen-bond donors (Lipinski definition) is 3. The molecule has 1 aromatic carbocycles. The molecule has 34 heavy (non-hydrogen) atoms. The predicted molar refractivity (Wildman–Crippen MR) is 128 cm³/mol. The van der Waals surface area contributed by atoms with Crippen LogP contribution in [0.5, 0.6) is 0 Å². The van der Waals surface area contributed by atoms with E-state index >= 15 is 0 Å². The topological polar surface area (TPSA) is 173 Å². The molecular weight excluding hydrogens is 444 g/mol. The molecule has 0 radical (unpaired) electrons. The maximum atomic E-state index is 13.0. The third-order valence-corrected chi connectivity index (χ3v) is 5.03. The molecule has 12 nitrogen and oxygen atoms in total. The monoisotopic (exact) mass is 474 g/mol. The molecule has 12 heteroatoms. The van der Waals surface area contributed by atoms with Crippen molar-refractivity contribution >= 4 is 29.0 Å². The molecule has 0 aliphatic carbocycles. The molecule has 1 heterocycles. The zero-order valence-electron chi connectivity index (χ0n) is 19.5. The number of benzene rings is 1. The number of nitrogens with zero attached hydrogens (tertiary/aromatic N) is 3. The Balaban J connectivity index is 2.19. The molecule has 0 unspecified atom stereocenters. The van der Waals surface area contributed by atoms with Crippen molar-refractivity contribution in [2.24, 2.45) is 5.92 Å². The van der Waals surface area contributed by atoms with Gasteiger partial charge in [-0.25, -0.2) is 4.79 Å². The molecule has 0 saturated heterocycles. The summed E-state index contributed by atoms with van der Waals surface area (Å²) in [6.45, 7) is 6.15. The van der Waals surface area contributed by atoms with Gasteiger partial charge >= 0.3 is 5.69 Å². The Hall–Kier alpha value is -3.96. The molecule has 2 rings (SSSR count). The Kier molecular flexibility index (Phi) is 9.10. The van der Waals surface area contributed by atoms with Crippen LogP contribution in [0.1, 0.15) is 50.4 Å². The number of rotatable bonds is 11. The predicted octanol–water partition coefficient (Wildman–Crippen LogP) is 1.64. The number of aromatic nitrogens is 2. The third-order valence-electron chi connectivity index (χ3n) is 5.03. The summed E-state index contributed by atoms with van der Waals surface area (Å²) >= 11 is 0. The molecule has 1 aromatic heterocycles. The van der Waals surface area contributed by atoms with E-state index in [1.807, 2.05) is 20.8 Å². The molecule has 0 spiro atoms. The van der Waals surface area contributed by atoms with E-state index in [1.54, 1.807) is 0 Å². The number of unbranched alkanes of at least 4 members (excludes halogenated alkanes) is 1. The molecule has 184 valence electrons. The van der Waals surface area contributed by atoms with Gasteiger partial charge in [0.25, 0.3) is 17.2 Å². The van der Waals surface area contributed by atoms with Gasteiger partial charge in [-0.05, 0) is 24.5 Å². The minimum absolute atomic E-state index is 0.00605. The number of nitrogens with one attached hydrogen (secondary N) is 2. The summed E-state index contributed by atoms with van der Waals surface area (Å²) in [5.74, 6) is -1.03. The number of nitro benzene ring substituents is 1. The summed E-state index contributed by atoms with van der Waals surface area (Å²) in [4.78, 5) is 63.8. The van der Waals surface area contributed by atoms with E-state index < -0.39 is 28.0 Å². The Morgan fingerprint density at radius 2 is 1.88 bits per heavy atom. The number of nitro groups is 1. The van der Waals surface area contributed by atoms with E-state index in [0.717, 1.165) is 6.42 Å². The Bertz CT molecular complexity index is 1150. The number of anilines is 2. The SMILES string of the molecule is CCCCn1c(N)c(N(CC(C)C)C(=O)CCNC(=O)c2ccc([N+](=O)[O-])cc2)c(=O)[nH]c1=O. The van der Waals surface area contributed by atoms with Crippen LogP contribution in [0.3, 0.4) is 0 Å². The quantitative estimate of drug-likeness (QED) is 0.328. The largest absolute Gasteiger partial charge is 0.383 e. The van der Waals surface area contributed by atoms with E-state index in [0.29, 0.717) is 13.0 Å². The number of amides is 2. The number of non-ortho nitro benzene ring substituents is 1. The molecule has 0 aliphatic heterocycles. The summed E-state index contributed by atoms with van der Waals surface area (Å²) in [7, 11) is 0. The van der Waals surface area contributed by atoms with E-state index in [9.17, 15) is 29.3 Å². The van der Waals surface area contributed by atoms with Crippen molar-refractivity contribution in [2.75, 3.05) is 23.7 Å². The highest BCUT2D eigenvalue weighted by atomic mass is 16.6. The maximum Gasteiger partial charge on any atom is 0.330 e. The number of carbonyl (C=O) groups is 2. The number of H-pyrrole nitrogens is 1. The molecule has 0 saturated carbocycles.